The Labute approximate surface area is 347 Å². The Morgan fingerprint density at radius 1 is 0.544 bits per heavy atom. The fraction of sp³-hybridized carbons (Fsp3) is 0.844. The third-order valence-corrected chi connectivity index (χ3v) is 10.9. The molecule has 0 saturated carbocycles. The van der Waals surface area contributed by atoms with E-state index in [0.29, 0.717) is 12.8 Å². The summed E-state index contributed by atoms with van der Waals surface area (Å²) in [5.41, 5.74) is 5.33. The van der Waals surface area contributed by atoms with Gasteiger partial charge >= 0.3 is 25.7 Å². The van der Waals surface area contributed by atoms with E-state index in [1.54, 1.807) is 0 Å². The van der Waals surface area contributed by atoms with Crippen LogP contribution >= 0.6 is 7.82 Å². The number of carbonyl (C=O) groups excluding carboxylic acids is 2. The summed E-state index contributed by atoms with van der Waals surface area (Å²) in [7, 11) is -4.72. The van der Waals surface area contributed by atoms with Crippen LogP contribution < -0.4 is 5.73 Å². The molecule has 0 aromatic rings. The van der Waals surface area contributed by atoms with E-state index in [2.05, 4.69) is 42.7 Å². The van der Waals surface area contributed by atoms with Gasteiger partial charge in [0.1, 0.15) is 12.6 Å². The van der Waals surface area contributed by atoms with Gasteiger partial charge in [-0.1, -0.05) is 186 Å². The Morgan fingerprint density at radius 3 is 1.42 bits per heavy atom. The second-order valence-corrected chi connectivity index (χ2v) is 17.0. The molecule has 0 bridgehead atoms. The number of allylic oxidation sites excluding steroid dienone is 4. The predicted octanol–water partition coefficient (Wildman–Crippen LogP) is 12.2. The van der Waals surface area contributed by atoms with Gasteiger partial charge < -0.3 is 25.2 Å². The van der Waals surface area contributed by atoms with Crippen LogP contribution in [-0.2, 0) is 37.5 Å². The molecule has 0 rings (SSSR count). The molecule has 0 aromatic heterocycles. The van der Waals surface area contributed by atoms with Gasteiger partial charge in [-0.05, 0) is 38.5 Å². The van der Waals surface area contributed by atoms with Crippen molar-refractivity contribution < 1.29 is 47.5 Å². The molecule has 12 heteroatoms. The van der Waals surface area contributed by atoms with Gasteiger partial charge in [-0.25, -0.2) is 4.57 Å². The van der Waals surface area contributed by atoms with Crippen molar-refractivity contribution in [2.45, 2.75) is 225 Å². The van der Waals surface area contributed by atoms with Gasteiger partial charge in [0.2, 0.25) is 0 Å². The highest BCUT2D eigenvalue weighted by molar-refractivity contribution is 7.47. The number of carbonyl (C=O) groups is 3. The largest absolute Gasteiger partial charge is 0.480 e. The molecule has 0 aliphatic carbocycles. The third kappa shape index (κ3) is 40.5. The molecule has 0 spiro atoms. The number of carboxylic acid groups (broad SMARTS) is 1. The first-order valence-corrected chi connectivity index (χ1v) is 24.4. The fourth-order valence-corrected chi connectivity index (χ4v) is 7.10. The maximum Gasteiger partial charge on any atom is 0.472 e. The zero-order valence-electron chi connectivity index (χ0n) is 36.2. The lowest BCUT2D eigenvalue weighted by molar-refractivity contribution is -0.161. The smallest absolute Gasteiger partial charge is 0.472 e. The summed E-state index contributed by atoms with van der Waals surface area (Å²) in [6.45, 7) is 2.77. The summed E-state index contributed by atoms with van der Waals surface area (Å²) in [4.78, 5) is 46.0. The first kappa shape index (κ1) is 55.0. The van der Waals surface area contributed by atoms with Crippen LogP contribution in [0.4, 0.5) is 0 Å². The van der Waals surface area contributed by atoms with E-state index in [0.717, 1.165) is 64.2 Å². The molecule has 57 heavy (non-hydrogen) atoms. The molecule has 0 fully saturated rings. The summed E-state index contributed by atoms with van der Waals surface area (Å²) < 4.78 is 32.7. The van der Waals surface area contributed by atoms with Crippen LogP contribution in [0.2, 0.25) is 0 Å². The number of phosphoric acid groups is 1. The van der Waals surface area contributed by atoms with Gasteiger partial charge in [0.05, 0.1) is 13.2 Å². The van der Waals surface area contributed by atoms with Crippen LogP contribution in [0.15, 0.2) is 24.3 Å². The molecule has 11 nitrogen and oxygen atoms in total. The number of unbranched alkanes of at least 4 members (excludes halogenated alkanes) is 25. The van der Waals surface area contributed by atoms with Crippen molar-refractivity contribution in [2.24, 2.45) is 5.73 Å². The van der Waals surface area contributed by atoms with E-state index >= 15 is 0 Å². The van der Waals surface area contributed by atoms with Crippen molar-refractivity contribution in [2.75, 3.05) is 19.8 Å². The van der Waals surface area contributed by atoms with Crippen molar-refractivity contribution in [3.8, 4) is 0 Å². The maximum absolute atomic E-state index is 12.6. The van der Waals surface area contributed by atoms with Gasteiger partial charge in [-0.2, -0.15) is 0 Å². The number of phosphoric ester groups is 1. The molecule has 3 atom stereocenters. The molecule has 0 radical (unpaired) electrons. The lowest BCUT2D eigenvalue weighted by Gasteiger charge is -2.20. The number of hydrogen-bond acceptors (Lipinski definition) is 9. The molecule has 0 aliphatic heterocycles. The molecule has 4 N–H and O–H groups in total. The minimum absolute atomic E-state index is 0.148. The van der Waals surface area contributed by atoms with Crippen LogP contribution in [0.5, 0.6) is 0 Å². The lowest BCUT2D eigenvalue weighted by Crippen LogP contribution is -2.34. The van der Waals surface area contributed by atoms with Crippen molar-refractivity contribution >= 4 is 25.7 Å². The Bertz CT molecular complexity index is 1070. The summed E-state index contributed by atoms with van der Waals surface area (Å²) >= 11 is 0. The van der Waals surface area contributed by atoms with Crippen LogP contribution in [0.3, 0.4) is 0 Å². The first-order chi connectivity index (χ1) is 27.6. The van der Waals surface area contributed by atoms with Crippen molar-refractivity contribution in [1.29, 1.82) is 0 Å². The third-order valence-electron chi connectivity index (χ3n) is 9.95. The number of carboxylic acids is 1. The number of aliphatic carboxylic acids is 1. The number of esters is 2. The van der Waals surface area contributed by atoms with Gasteiger partial charge in [0.25, 0.3) is 0 Å². The van der Waals surface area contributed by atoms with Crippen LogP contribution in [0.25, 0.3) is 0 Å². The summed E-state index contributed by atoms with van der Waals surface area (Å²) in [6, 6.07) is -1.52. The quantitative estimate of drug-likeness (QED) is 0.0231. The van der Waals surface area contributed by atoms with Crippen LogP contribution in [0, 0.1) is 0 Å². The normalized spacial score (nSPS) is 13.9. The number of hydrogen-bond donors (Lipinski definition) is 3. The molecular weight excluding hydrogens is 745 g/mol. The zero-order valence-corrected chi connectivity index (χ0v) is 37.1. The highest BCUT2D eigenvalue weighted by atomic mass is 31.2. The Morgan fingerprint density at radius 2 is 0.947 bits per heavy atom. The number of rotatable bonds is 43. The van der Waals surface area contributed by atoms with Gasteiger partial charge in [-0.15, -0.1) is 0 Å². The fourth-order valence-electron chi connectivity index (χ4n) is 6.32. The molecule has 0 aliphatic rings. The van der Waals surface area contributed by atoms with E-state index in [1.807, 2.05) is 0 Å². The predicted molar refractivity (Wildman–Crippen MR) is 231 cm³/mol. The maximum atomic E-state index is 12.6. The first-order valence-electron chi connectivity index (χ1n) is 22.9. The summed E-state index contributed by atoms with van der Waals surface area (Å²) in [6.07, 6.45) is 42.4. The molecular formula is C45H84NO10P. The average molecular weight is 830 g/mol. The Kier molecular flexibility index (Phi) is 39.3. The van der Waals surface area contributed by atoms with E-state index in [9.17, 15) is 23.8 Å². The monoisotopic (exact) mass is 830 g/mol. The molecule has 0 saturated heterocycles. The second-order valence-electron chi connectivity index (χ2n) is 15.5. The second kappa shape index (κ2) is 40.7. The van der Waals surface area contributed by atoms with E-state index < -0.39 is 51.1 Å². The molecule has 0 amide bonds. The summed E-state index contributed by atoms with van der Waals surface area (Å²) in [5, 5.41) is 8.89. The van der Waals surface area contributed by atoms with Crippen molar-refractivity contribution in [1.82, 2.24) is 0 Å². The van der Waals surface area contributed by atoms with Gasteiger partial charge in [-0.3, -0.25) is 23.4 Å². The highest BCUT2D eigenvalue weighted by Crippen LogP contribution is 2.43. The number of ether oxygens (including phenoxy) is 2. The average Bonchev–Trinajstić information content (AvgIpc) is 3.19. The van der Waals surface area contributed by atoms with Gasteiger partial charge in [0.15, 0.2) is 6.10 Å². The van der Waals surface area contributed by atoms with Crippen molar-refractivity contribution in [3.63, 3.8) is 0 Å². The lowest BCUT2D eigenvalue weighted by atomic mass is 10.0. The van der Waals surface area contributed by atoms with E-state index in [-0.39, 0.29) is 19.4 Å². The summed E-state index contributed by atoms with van der Waals surface area (Å²) in [5.74, 6) is -2.39. The molecule has 334 valence electrons. The molecule has 0 aromatic carbocycles. The number of nitrogens with two attached hydrogens (primary N) is 1. The SMILES string of the molecule is CCCC/C=C\C/C=C\CCCCCCCC(=O)O[C@H](COC(=O)CCCCCCCCCCCCCCCCCCCCC)COP(=O)(O)OC[C@H](N)C(=O)O. The standard InChI is InChI=1S/C45H84NO10P/c1-3-5-7-9-11-13-15-17-19-20-21-22-23-25-26-28-30-32-34-36-43(47)53-38-41(39-54-57(51,52)55-40-42(46)45(49)50)56-44(48)37-35-33-31-29-27-24-18-16-14-12-10-8-6-4-2/h10,12,16,18,41-42H,3-9,11,13-15,17,19-40,46H2,1-2H3,(H,49,50)(H,51,52)/b12-10-,18-16-/t41-,42+/m1/s1. The van der Waals surface area contributed by atoms with Crippen molar-refractivity contribution in [3.05, 3.63) is 24.3 Å². The van der Waals surface area contributed by atoms with Crippen LogP contribution in [0.1, 0.15) is 213 Å². The van der Waals surface area contributed by atoms with E-state index in [4.69, 9.17) is 24.8 Å². The highest BCUT2D eigenvalue weighted by Gasteiger charge is 2.28. The zero-order chi connectivity index (χ0) is 42.1. The minimum atomic E-state index is -4.72. The Hall–Kier alpha value is -2.04. The molecule has 0 heterocycles. The van der Waals surface area contributed by atoms with Gasteiger partial charge in [0, 0.05) is 12.8 Å². The molecule has 1 unspecified atom stereocenters. The van der Waals surface area contributed by atoms with Crippen LogP contribution in [-0.4, -0.2) is 59.9 Å². The topological polar surface area (TPSA) is 172 Å². The Balaban J connectivity index is 4.29. The van der Waals surface area contributed by atoms with E-state index in [1.165, 1.54) is 109 Å². The minimum Gasteiger partial charge on any atom is -0.480 e.